The van der Waals surface area contributed by atoms with Crippen LogP contribution in [-0.2, 0) is 9.63 Å². The van der Waals surface area contributed by atoms with Crippen molar-refractivity contribution < 1.29 is 14.4 Å². The Labute approximate surface area is 115 Å². The lowest BCUT2D eigenvalue weighted by Crippen LogP contribution is -2.43. The van der Waals surface area contributed by atoms with E-state index < -0.39 is 0 Å². The molecule has 1 aliphatic rings. The van der Waals surface area contributed by atoms with Gasteiger partial charge in [-0.05, 0) is 31.6 Å². The molecule has 1 fully saturated rings. The van der Waals surface area contributed by atoms with E-state index in [1.165, 1.54) is 12.2 Å². The van der Waals surface area contributed by atoms with E-state index in [0.29, 0.717) is 12.3 Å². The highest BCUT2D eigenvalue weighted by Gasteiger charge is 2.25. The summed E-state index contributed by atoms with van der Waals surface area (Å²) in [6.45, 7) is 0. The van der Waals surface area contributed by atoms with E-state index in [2.05, 4.69) is 5.32 Å². The molecule has 0 unspecified atom stereocenters. The van der Waals surface area contributed by atoms with E-state index in [9.17, 15) is 9.59 Å². The molecule has 110 valence electrons. The van der Waals surface area contributed by atoms with Gasteiger partial charge in [0, 0.05) is 33.6 Å². The summed E-state index contributed by atoms with van der Waals surface area (Å²) in [5, 5.41) is 4.27. The van der Waals surface area contributed by atoms with E-state index in [1.54, 1.807) is 26.0 Å². The van der Waals surface area contributed by atoms with Gasteiger partial charge in [0.2, 0.25) is 5.91 Å². The molecule has 0 radical (unpaired) electrons. The van der Waals surface area contributed by atoms with Crippen molar-refractivity contribution in [1.29, 1.82) is 0 Å². The molecular formula is C13H25N3O3. The molecule has 1 aliphatic carbocycles. The van der Waals surface area contributed by atoms with E-state index in [4.69, 9.17) is 4.84 Å². The van der Waals surface area contributed by atoms with Crippen LogP contribution < -0.4 is 5.32 Å². The predicted octanol–water partition coefficient (Wildman–Crippen LogP) is 1.23. The van der Waals surface area contributed by atoms with Gasteiger partial charge in [-0.1, -0.05) is 0 Å². The first-order chi connectivity index (χ1) is 8.93. The van der Waals surface area contributed by atoms with Gasteiger partial charge in [-0.3, -0.25) is 9.63 Å². The monoisotopic (exact) mass is 271 g/mol. The van der Waals surface area contributed by atoms with Gasteiger partial charge in [-0.2, -0.15) is 0 Å². The molecule has 0 heterocycles. The van der Waals surface area contributed by atoms with E-state index in [0.717, 1.165) is 25.7 Å². The van der Waals surface area contributed by atoms with Crippen molar-refractivity contribution in [3.63, 3.8) is 0 Å². The summed E-state index contributed by atoms with van der Waals surface area (Å²) in [5.74, 6) is 0.417. The summed E-state index contributed by atoms with van der Waals surface area (Å²) in [4.78, 5) is 29.7. The standard InChI is InChI=1S/C13H25N3O3/c1-15(2)13(18)14-11-7-5-10(6-8-11)9-12(17)16(3)19-4/h10-11H,5-9H2,1-4H3,(H,14,18). The summed E-state index contributed by atoms with van der Waals surface area (Å²) < 4.78 is 0. The van der Waals surface area contributed by atoms with Gasteiger partial charge in [0.05, 0.1) is 7.11 Å². The highest BCUT2D eigenvalue weighted by Crippen LogP contribution is 2.27. The number of carbonyl (C=O) groups excluding carboxylic acids is 2. The van der Waals surface area contributed by atoms with Crippen molar-refractivity contribution in [2.24, 2.45) is 5.92 Å². The number of carbonyl (C=O) groups is 2. The van der Waals surface area contributed by atoms with Crippen LogP contribution in [0.5, 0.6) is 0 Å². The van der Waals surface area contributed by atoms with Crippen LogP contribution in [0.15, 0.2) is 0 Å². The third-order valence-electron chi connectivity index (χ3n) is 3.67. The van der Waals surface area contributed by atoms with Gasteiger partial charge in [-0.25, -0.2) is 9.86 Å². The predicted molar refractivity (Wildman–Crippen MR) is 72.4 cm³/mol. The zero-order valence-corrected chi connectivity index (χ0v) is 12.3. The van der Waals surface area contributed by atoms with Crippen LogP contribution in [0, 0.1) is 5.92 Å². The first kappa shape index (κ1) is 15.8. The molecule has 0 aromatic rings. The number of amides is 3. The SMILES string of the molecule is CON(C)C(=O)CC1CCC(NC(=O)N(C)C)CC1. The molecule has 1 N–H and O–H groups in total. The topological polar surface area (TPSA) is 61.9 Å². The second kappa shape index (κ2) is 7.33. The number of rotatable bonds is 4. The lowest BCUT2D eigenvalue weighted by atomic mass is 9.84. The molecule has 0 saturated heterocycles. The Kier molecular flexibility index (Phi) is 6.08. The molecule has 1 saturated carbocycles. The third kappa shape index (κ3) is 5.06. The number of nitrogens with one attached hydrogen (secondary N) is 1. The van der Waals surface area contributed by atoms with Crippen molar-refractivity contribution in [2.75, 3.05) is 28.3 Å². The molecule has 0 aliphatic heterocycles. The number of hydroxylamine groups is 2. The van der Waals surface area contributed by atoms with Gasteiger partial charge in [0.1, 0.15) is 0 Å². The minimum Gasteiger partial charge on any atom is -0.335 e. The number of hydrogen-bond donors (Lipinski definition) is 1. The lowest BCUT2D eigenvalue weighted by molar-refractivity contribution is -0.169. The molecule has 0 aromatic carbocycles. The maximum absolute atomic E-state index is 11.7. The fourth-order valence-corrected chi connectivity index (χ4v) is 2.29. The molecule has 0 atom stereocenters. The van der Waals surface area contributed by atoms with Crippen molar-refractivity contribution in [1.82, 2.24) is 15.3 Å². The van der Waals surface area contributed by atoms with Gasteiger partial charge < -0.3 is 10.2 Å². The van der Waals surface area contributed by atoms with Crippen LogP contribution in [0.3, 0.4) is 0 Å². The average molecular weight is 271 g/mol. The van der Waals surface area contributed by atoms with Crippen molar-refractivity contribution in [2.45, 2.75) is 38.1 Å². The molecule has 0 bridgehead atoms. The Morgan fingerprint density at radius 1 is 1.16 bits per heavy atom. The largest absolute Gasteiger partial charge is 0.335 e. The Hall–Kier alpha value is -1.30. The second-order valence-corrected chi connectivity index (χ2v) is 5.34. The van der Waals surface area contributed by atoms with Crippen LogP contribution >= 0.6 is 0 Å². The van der Waals surface area contributed by atoms with Crippen molar-refractivity contribution in [3.8, 4) is 0 Å². The summed E-state index contributed by atoms with van der Waals surface area (Å²) in [6, 6.07) is 0.194. The highest BCUT2D eigenvalue weighted by atomic mass is 16.7. The molecular weight excluding hydrogens is 246 g/mol. The van der Waals surface area contributed by atoms with E-state index in [1.807, 2.05) is 0 Å². The lowest BCUT2D eigenvalue weighted by Gasteiger charge is -2.30. The van der Waals surface area contributed by atoms with E-state index >= 15 is 0 Å². The minimum atomic E-state index is -0.0429. The molecule has 3 amide bonds. The first-order valence-electron chi connectivity index (χ1n) is 6.72. The Morgan fingerprint density at radius 2 is 1.74 bits per heavy atom. The quantitative estimate of drug-likeness (QED) is 0.782. The maximum atomic E-state index is 11.7. The normalized spacial score (nSPS) is 22.7. The molecule has 0 spiro atoms. The van der Waals surface area contributed by atoms with Gasteiger partial charge >= 0.3 is 6.03 Å². The number of nitrogens with zero attached hydrogens (tertiary/aromatic N) is 2. The van der Waals surface area contributed by atoms with Crippen molar-refractivity contribution in [3.05, 3.63) is 0 Å². The fraction of sp³-hybridized carbons (Fsp3) is 0.846. The Bertz CT molecular complexity index is 312. The minimum absolute atomic E-state index is 0.0169. The smallest absolute Gasteiger partial charge is 0.317 e. The highest BCUT2D eigenvalue weighted by molar-refractivity contribution is 5.75. The zero-order chi connectivity index (χ0) is 14.4. The van der Waals surface area contributed by atoms with Crippen LogP contribution in [0.25, 0.3) is 0 Å². The third-order valence-corrected chi connectivity index (χ3v) is 3.67. The van der Waals surface area contributed by atoms with Gasteiger partial charge in [0.25, 0.3) is 0 Å². The molecule has 0 aromatic heterocycles. The maximum Gasteiger partial charge on any atom is 0.317 e. The summed E-state index contributed by atoms with van der Waals surface area (Å²) >= 11 is 0. The molecule has 6 heteroatoms. The van der Waals surface area contributed by atoms with E-state index in [-0.39, 0.29) is 18.0 Å². The van der Waals surface area contributed by atoms with Gasteiger partial charge in [-0.15, -0.1) is 0 Å². The summed E-state index contributed by atoms with van der Waals surface area (Å²) in [6.07, 6.45) is 4.35. The zero-order valence-electron chi connectivity index (χ0n) is 12.3. The summed E-state index contributed by atoms with van der Waals surface area (Å²) in [5.41, 5.74) is 0. The summed E-state index contributed by atoms with van der Waals surface area (Å²) in [7, 11) is 6.59. The van der Waals surface area contributed by atoms with Crippen LogP contribution in [0.1, 0.15) is 32.1 Å². The van der Waals surface area contributed by atoms with Gasteiger partial charge in [0.15, 0.2) is 0 Å². The number of urea groups is 1. The molecule has 1 rings (SSSR count). The van der Waals surface area contributed by atoms with Crippen molar-refractivity contribution >= 4 is 11.9 Å². The second-order valence-electron chi connectivity index (χ2n) is 5.34. The molecule has 6 nitrogen and oxygen atoms in total. The molecule has 19 heavy (non-hydrogen) atoms. The first-order valence-corrected chi connectivity index (χ1v) is 6.72. The van der Waals surface area contributed by atoms with Crippen LogP contribution in [0.2, 0.25) is 0 Å². The number of hydrogen-bond acceptors (Lipinski definition) is 3. The van der Waals surface area contributed by atoms with Crippen LogP contribution in [0.4, 0.5) is 4.79 Å². The Balaban J connectivity index is 2.29. The Morgan fingerprint density at radius 3 is 2.21 bits per heavy atom. The average Bonchev–Trinajstić information content (AvgIpc) is 2.39. The van der Waals surface area contributed by atoms with Crippen LogP contribution in [-0.4, -0.2) is 56.2 Å². The fourth-order valence-electron chi connectivity index (χ4n) is 2.29.